The van der Waals surface area contributed by atoms with Gasteiger partial charge in [0.2, 0.25) is 0 Å². The van der Waals surface area contributed by atoms with E-state index in [-0.39, 0.29) is 18.6 Å². The van der Waals surface area contributed by atoms with Crippen LogP contribution in [0.4, 0.5) is 0 Å². The van der Waals surface area contributed by atoms with Crippen LogP contribution in [0.15, 0.2) is 18.2 Å². The number of hydrogen-bond donors (Lipinski definition) is 0. The number of amides is 1. The van der Waals surface area contributed by atoms with Gasteiger partial charge in [-0.15, -0.1) is 0 Å². The van der Waals surface area contributed by atoms with E-state index in [1.165, 1.54) is 11.1 Å². The third-order valence-electron chi connectivity index (χ3n) is 3.92. The molecular formula is C17H23NO3. The Bertz CT molecular complexity index is 551. The predicted molar refractivity (Wildman–Crippen MR) is 80.8 cm³/mol. The first-order valence-corrected chi connectivity index (χ1v) is 7.52. The van der Waals surface area contributed by atoms with Crippen molar-refractivity contribution in [3.63, 3.8) is 0 Å². The summed E-state index contributed by atoms with van der Waals surface area (Å²) in [7, 11) is 0. The van der Waals surface area contributed by atoms with Crippen molar-refractivity contribution in [1.29, 1.82) is 0 Å². The van der Waals surface area contributed by atoms with Crippen molar-refractivity contribution in [2.75, 3.05) is 13.2 Å². The van der Waals surface area contributed by atoms with Gasteiger partial charge in [0.25, 0.3) is 0 Å². The Morgan fingerprint density at radius 2 is 2.10 bits per heavy atom. The summed E-state index contributed by atoms with van der Waals surface area (Å²) >= 11 is 0. The van der Waals surface area contributed by atoms with Crippen molar-refractivity contribution >= 4 is 11.9 Å². The molecule has 0 aromatic heterocycles. The zero-order chi connectivity index (χ0) is 15.6. The standard InChI is InChI=1S/C17H23NO3/c1-5-21-17(20)16(19)18-9-8-13-10-12(4)6-7-14(13)15(18)11(2)3/h6-7,10-11,15H,5,8-9H2,1-4H3. The van der Waals surface area contributed by atoms with Crippen LogP contribution in [0.3, 0.4) is 0 Å². The predicted octanol–water partition coefficient (Wildman–Crippen LogP) is 2.64. The van der Waals surface area contributed by atoms with E-state index in [0.717, 1.165) is 12.0 Å². The lowest BCUT2D eigenvalue weighted by atomic mass is 9.85. The first-order valence-electron chi connectivity index (χ1n) is 7.52. The van der Waals surface area contributed by atoms with E-state index >= 15 is 0 Å². The van der Waals surface area contributed by atoms with Gasteiger partial charge in [-0.1, -0.05) is 37.6 Å². The van der Waals surface area contributed by atoms with Gasteiger partial charge in [0, 0.05) is 6.54 Å². The first-order chi connectivity index (χ1) is 9.95. The molecule has 0 fully saturated rings. The molecular weight excluding hydrogens is 266 g/mol. The van der Waals surface area contributed by atoms with Gasteiger partial charge in [0.15, 0.2) is 0 Å². The molecule has 1 atom stereocenters. The molecule has 1 aromatic carbocycles. The number of carbonyl (C=O) groups excluding carboxylic acids is 2. The molecule has 4 nitrogen and oxygen atoms in total. The van der Waals surface area contributed by atoms with Crippen LogP contribution >= 0.6 is 0 Å². The molecule has 1 unspecified atom stereocenters. The number of esters is 1. The first kappa shape index (κ1) is 15.5. The summed E-state index contributed by atoms with van der Waals surface area (Å²) in [4.78, 5) is 25.8. The van der Waals surface area contributed by atoms with Gasteiger partial charge in [0.05, 0.1) is 12.6 Å². The number of carbonyl (C=O) groups is 2. The maximum atomic E-state index is 12.3. The Hall–Kier alpha value is -1.84. The monoisotopic (exact) mass is 289 g/mol. The van der Waals surface area contributed by atoms with Crippen LogP contribution in [0.1, 0.15) is 43.5 Å². The molecule has 0 saturated heterocycles. The number of ether oxygens (including phenoxy) is 1. The van der Waals surface area contributed by atoms with Crippen molar-refractivity contribution < 1.29 is 14.3 Å². The maximum absolute atomic E-state index is 12.3. The number of rotatable bonds is 2. The Morgan fingerprint density at radius 1 is 1.38 bits per heavy atom. The summed E-state index contributed by atoms with van der Waals surface area (Å²) in [6.07, 6.45) is 0.783. The number of hydrogen-bond acceptors (Lipinski definition) is 3. The smallest absolute Gasteiger partial charge is 0.397 e. The largest absolute Gasteiger partial charge is 0.459 e. The average Bonchev–Trinajstić information content (AvgIpc) is 2.45. The second-order valence-corrected chi connectivity index (χ2v) is 5.86. The van der Waals surface area contributed by atoms with Crippen molar-refractivity contribution in [2.24, 2.45) is 5.92 Å². The normalized spacial score (nSPS) is 17.6. The van der Waals surface area contributed by atoms with E-state index in [0.29, 0.717) is 6.54 Å². The zero-order valence-corrected chi connectivity index (χ0v) is 13.2. The highest BCUT2D eigenvalue weighted by Crippen LogP contribution is 2.35. The van der Waals surface area contributed by atoms with Gasteiger partial charge in [-0.2, -0.15) is 0 Å². The van der Waals surface area contributed by atoms with Gasteiger partial charge in [-0.25, -0.2) is 4.79 Å². The highest BCUT2D eigenvalue weighted by molar-refractivity contribution is 6.32. The summed E-state index contributed by atoms with van der Waals surface area (Å²) in [6, 6.07) is 6.26. The summed E-state index contributed by atoms with van der Waals surface area (Å²) in [5.41, 5.74) is 3.66. The summed E-state index contributed by atoms with van der Waals surface area (Å²) in [6.45, 7) is 8.72. The molecule has 1 aliphatic rings. The van der Waals surface area contributed by atoms with Crippen molar-refractivity contribution in [3.8, 4) is 0 Å². The zero-order valence-electron chi connectivity index (χ0n) is 13.2. The molecule has 1 aromatic rings. The van der Waals surface area contributed by atoms with E-state index in [9.17, 15) is 9.59 Å². The quantitative estimate of drug-likeness (QED) is 0.621. The molecule has 0 bridgehead atoms. The molecule has 114 valence electrons. The maximum Gasteiger partial charge on any atom is 0.397 e. The van der Waals surface area contributed by atoms with Crippen LogP contribution in [-0.4, -0.2) is 29.9 Å². The molecule has 0 spiro atoms. The fourth-order valence-corrected chi connectivity index (χ4v) is 3.04. The molecule has 21 heavy (non-hydrogen) atoms. The number of aryl methyl sites for hydroxylation is 1. The molecule has 1 heterocycles. The average molecular weight is 289 g/mol. The fourth-order valence-electron chi connectivity index (χ4n) is 3.04. The number of nitrogens with zero attached hydrogens (tertiary/aromatic N) is 1. The van der Waals surface area contributed by atoms with Gasteiger partial charge in [0.1, 0.15) is 0 Å². The second kappa shape index (κ2) is 6.29. The van der Waals surface area contributed by atoms with E-state index in [1.54, 1.807) is 11.8 Å². The minimum atomic E-state index is -0.751. The number of benzene rings is 1. The molecule has 0 radical (unpaired) electrons. The van der Waals surface area contributed by atoms with Gasteiger partial charge in [-0.05, 0) is 37.3 Å². The minimum absolute atomic E-state index is 0.0637. The Labute approximate surface area is 126 Å². The van der Waals surface area contributed by atoms with E-state index in [2.05, 4.69) is 39.0 Å². The molecule has 1 amide bonds. The molecule has 1 aliphatic heterocycles. The van der Waals surface area contributed by atoms with Gasteiger partial charge in [-0.3, -0.25) is 4.79 Å². The third kappa shape index (κ3) is 3.09. The lowest BCUT2D eigenvalue weighted by molar-refractivity contribution is -0.162. The number of fused-ring (bicyclic) bond motifs is 1. The van der Waals surface area contributed by atoms with Crippen molar-refractivity contribution in [2.45, 2.75) is 40.2 Å². The van der Waals surface area contributed by atoms with Crippen LogP contribution < -0.4 is 0 Å². The second-order valence-electron chi connectivity index (χ2n) is 5.86. The van der Waals surface area contributed by atoms with Gasteiger partial charge < -0.3 is 9.64 Å². The Balaban J connectivity index is 2.34. The van der Waals surface area contributed by atoms with E-state index < -0.39 is 11.9 Å². The topological polar surface area (TPSA) is 46.6 Å². The molecule has 4 heteroatoms. The lowest BCUT2D eigenvalue weighted by Gasteiger charge is -2.39. The molecule has 0 saturated carbocycles. The Morgan fingerprint density at radius 3 is 2.71 bits per heavy atom. The van der Waals surface area contributed by atoms with Gasteiger partial charge >= 0.3 is 11.9 Å². The third-order valence-corrected chi connectivity index (χ3v) is 3.92. The van der Waals surface area contributed by atoms with Crippen LogP contribution in [0, 0.1) is 12.8 Å². The van der Waals surface area contributed by atoms with Crippen LogP contribution in [0.5, 0.6) is 0 Å². The van der Waals surface area contributed by atoms with Crippen LogP contribution in [-0.2, 0) is 20.7 Å². The summed E-state index contributed by atoms with van der Waals surface area (Å²) in [5.74, 6) is -1.04. The molecule has 0 N–H and O–H groups in total. The fraction of sp³-hybridized carbons (Fsp3) is 0.529. The van der Waals surface area contributed by atoms with Crippen LogP contribution in [0.2, 0.25) is 0 Å². The molecule has 2 rings (SSSR count). The Kier molecular flexibility index (Phi) is 4.66. The van der Waals surface area contributed by atoms with Crippen molar-refractivity contribution in [3.05, 3.63) is 34.9 Å². The van der Waals surface area contributed by atoms with E-state index in [1.807, 2.05) is 0 Å². The SMILES string of the molecule is CCOC(=O)C(=O)N1CCc2cc(C)ccc2C1C(C)C. The molecule has 0 aliphatic carbocycles. The lowest BCUT2D eigenvalue weighted by Crippen LogP contribution is -2.45. The summed E-state index contributed by atoms with van der Waals surface area (Å²) in [5, 5.41) is 0. The summed E-state index contributed by atoms with van der Waals surface area (Å²) < 4.78 is 4.86. The minimum Gasteiger partial charge on any atom is -0.459 e. The van der Waals surface area contributed by atoms with E-state index in [4.69, 9.17) is 4.74 Å². The highest BCUT2D eigenvalue weighted by Gasteiger charge is 2.36. The van der Waals surface area contributed by atoms with Crippen molar-refractivity contribution in [1.82, 2.24) is 4.90 Å². The highest BCUT2D eigenvalue weighted by atomic mass is 16.5. The van der Waals surface area contributed by atoms with Crippen LogP contribution in [0.25, 0.3) is 0 Å².